The van der Waals surface area contributed by atoms with Crippen molar-refractivity contribution in [1.82, 2.24) is 19.5 Å². The smallest absolute Gasteiger partial charge is 0.352 e. The Morgan fingerprint density at radius 3 is 2.19 bits per heavy atom. The molecule has 0 radical (unpaired) electrons. The van der Waals surface area contributed by atoms with Gasteiger partial charge in [0.15, 0.2) is 0 Å². The molecule has 1 aromatic rings. The second-order valence-corrected chi connectivity index (χ2v) is 14.8. The monoisotopic (exact) mass is 769 g/mol. The third kappa shape index (κ3) is 19.5. The maximum Gasteiger partial charge on any atom is 0.405 e. The number of H-pyrrole nitrogens is 1. The van der Waals surface area contributed by atoms with Crippen molar-refractivity contribution in [2.75, 3.05) is 40.4 Å². The Labute approximate surface area is 319 Å². The summed E-state index contributed by atoms with van der Waals surface area (Å²) in [5.74, 6) is 0.231. The van der Waals surface area contributed by atoms with E-state index >= 15 is 0 Å². The van der Waals surface area contributed by atoms with Gasteiger partial charge in [0.05, 0.1) is 18.8 Å². The summed E-state index contributed by atoms with van der Waals surface area (Å²) in [6, 6.07) is -0.705. The highest BCUT2D eigenvalue weighted by Crippen LogP contribution is 2.43. The van der Waals surface area contributed by atoms with Gasteiger partial charge in [-0.3, -0.25) is 23.7 Å². The third-order valence-corrected chi connectivity index (χ3v) is 10.1. The minimum atomic E-state index is -3.73. The van der Waals surface area contributed by atoms with Crippen LogP contribution in [0.2, 0.25) is 0 Å². The summed E-state index contributed by atoms with van der Waals surface area (Å²) in [7, 11) is -0.556. The molecular formula is C39H60N7O7P. The van der Waals surface area contributed by atoms with Crippen molar-refractivity contribution in [3.63, 3.8) is 0 Å². The lowest BCUT2D eigenvalue weighted by Gasteiger charge is -2.22. The van der Waals surface area contributed by atoms with Crippen molar-refractivity contribution >= 4 is 13.5 Å². The summed E-state index contributed by atoms with van der Waals surface area (Å²) in [4.78, 5) is 43.5. The van der Waals surface area contributed by atoms with Gasteiger partial charge in [-0.2, -0.15) is 0 Å². The molecule has 4 atom stereocenters. The molecule has 0 spiro atoms. The molecule has 1 aliphatic heterocycles. The predicted molar refractivity (Wildman–Crippen MR) is 215 cm³/mol. The number of hydrogen-bond acceptors (Lipinski definition) is 9. The maximum absolute atomic E-state index is 13.2. The fraction of sp³-hybridized carbons (Fsp3) is 0.564. The molecule has 2 heterocycles. The van der Waals surface area contributed by atoms with Gasteiger partial charge < -0.3 is 14.2 Å². The molecule has 54 heavy (non-hydrogen) atoms. The zero-order valence-electron chi connectivity index (χ0n) is 32.4. The van der Waals surface area contributed by atoms with E-state index in [0.717, 1.165) is 51.4 Å². The first-order valence-electron chi connectivity index (χ1n) is 18.8. The second kappa shape index (κ2) is 27.7. The largest absolute Gasteiger partial charge is 0.405 e. The number of aromatic nitrogens is 2. The first-order chi connectivity index (χ1) is 26.1. The standard InChI is InChI=1S/C39H60N7O7P/c1-5-6-7-8-9-10-11-12-13-14-15-16-17-18-19-20-21-22-23-25-34(47)26-24-28-45(3)29-27-41-54(50,51-4)52-32-36-35(43-44-40)30-37(53-36)46-31-33(2)38(48)42-39(46)49/h6-7,9-10,12-13,15-16,18-19,21-22,31,35-37H,5,8,11,14,17,20,23-30,32H2,1-4H3,(H,41,50)(H,42,48,49)/b7-6-,10-9-,13-12-,16-15-,19-18-,22-21-/t35-,36+,37?,54?/m0/s1. The Bertz CT molecular complexity index is 1660. The molecule has 0 amide bonds. The van der Waals surface area contributed by atoms with Gasteiger partial charge in [0.2, 0.25) is 0 Å². The summed E-state index contributed by atoms with van der Waals surface area (Å²) >= 11 is 0. The SMILES string of the molecule is CC/C=C\C/C=C\C/C=C\C/C=C\C/C=C\C/C=C\CCC(=O)CCCN(C)CCNP(=O)(OC)OC[C@H]1OC(n2cc(C)c(=O)[nH]c2=O)C[C@@H]1N=[N+]=[N-]. The van der Waals surface area contributed by atoms with Crippen molar-refractivity contribution < 1.29 is 23.1 Å². The minimum Gasteiger partial charge on any atom is -0.352 e. The van der Waals surface area contributed by atoms with Crippen molar-refractivity contribution in [2.24, 2.45) is 5.11 Å². The molecular weight excluding hydrogens is 709 g/mol. The number of rotatable bonds is 28. The molecule has 1 aromatic heterocycles. The summed E-state index contributed by atoms with van der Waals surface area (Å²) in [6.07, 6.45) is 34.1. The van der Waals surface area contributed by atoms with Gasteiger partial charge in [0.1, 0.15) is 12.0 Å². The fourth-order valence-corrected chi connectivity index (χ4v) is 6.45. The summed E-state index contributed by atoms with van der Waals surface area (Å²) in [5, 5.41) is 6.57. The number of ketones is 1. The molecule has 0 aliphatic carbocycles. The van der Waals surface area contributed by atoms with Crippen LogP contribution in [-0.2, 0) is 23.1 Å². The number of likely N-dealkylation sites (N-methyl/N-ethyl adjacent to an activating group) is 1. The van der Waals surface area contributed by atoms with Crippen LogP contribution in [0, 0.1) is 6.92 Å². The van der Waals surface area contributed by atoms with Crippen LogP contribution in [0.4, 0.5) is 0 Å². The van der Waals surface area contributed by atoms with E-state index in [-0.39, 0.29) is 25.4 Å². The van der Waals surface area contributed by atoms with Crippen LogP contribution in [0.25, 0.3) is 10.4 Å². The Hall–Kier alpha value is -3.87. The third-order valence-electron chi connectivity index (χ3n) is 8.49. The summed E-state index contributed by atoms with van der Waals surface area (Å²) in [5.41, 5.74) is 8.19. The van der Waals surface area contributed by atoms with E-state index in [1.165, 1.54) is 17.9 Å². The first-order valence-corrected chi connectivity index (χ1v) is 20.3. The zero-order valence-corrected chi connectivity index (χ0v) is 33.3. The fourth-order valence-electron chi connectivity index (χ4n) is 5.40. The van der Waals surface area contributed by atoms with Crippen LogP contribution >= 0.6 is 7.75 Å². The molecule has 1 aliphatic rings. The predicted octanol–water partition coefficient (Wildman–Crippen LogP) is 7.93. The number of nitrogens with zero attached hydrogens (tertiary/aromatic N) is 5. The van der Waals surface area contributed by atoms with Crippen molar-refractivity contribution in [3.8, 4) is 0 Å². The second-order valence-electron chi connectivity index (χ2n) is 12.9. The van der Waals surface area contributed by atoms with Gasteiger partial charge in [-0.1, -0.05) is 85.0 Å². The van der Waals surface area contributed by atoms with Crippen LogP contribution in [0.5, 0.6) is 0 Å². The highest BCUT2D eigenvalue weighted by atomic mass is 31.2. The van der Waals surface area contributed by atoms with Crippen molar-refractivity contribution in [1.29, 1.82) is 0 Å². The van der Waals surface area contributed by atoms with Crippen LogP contribution < -0.4 is 16.3 Å². The van der Waals surface area contributed by atoms with E-state index in [0.29, 0.717) is 31.5 Å². The van der Waals surface area contributed by atoms with E-state index in [1.807, 2.05) is 11.9 Å². The van der Waals surface area contributed by atoms with Crippen LogP contribution in [0.15, 0.2) is 93.8 Å². The maximum atomic E-state index is 13.2. The average molecular weight is 770 g/mol. The van der Waals surface area contributed by atoms with E-state index in [9.17, 15) is 18.9 Å². The van der Waals surface area contributed by atoms with Gasteiger partial charge in [-0.05, 0) is 77.4 Å². The number of aromatic amines is 1. The van der Waals surface area contributed by atoms with Crippen LogP contribution in [0.3, 0.4) is 0 Å². The highest BCUT2D eigenvalue weighted by Gasteiger charge is 2.38. The van der Waals surface area contributed by atoms with E-state index in [4.69, 9.17) is 19.3 Å². The molecule has 1 saturated heterocycles. The number of nitrogens with one attached hydrogen (secondary N) is 2. The molecule has 1 fully saturated rings. The Morgan fingerprint density at radius 1 is 1.02 bits per heavy atom. The van der Waals surface area contributed by atoms with Crippen molar-refractivity contribution in [3.05, 3.63) is 116 Å². The lowest BCUT2D eigenvalue weighted by atomic mass is 10.1. The molecule has 0 aromatic carbocycles. The number of ether oxygens (including phenoxy) is 1. The van der Waals surface area contributed by atoms with E-state index < -0.39 is 37.4 Å². The van der Waals surface area contributed by atoms with Gasteiger partial charge in [0.25, 0.3) is 5.56 Å². The number of allylic oxidation sites excluding steroid dienone is 12. The lowest BCUT2D eigenvalue weighted by molar-refractivity contribution is -0.119. The van der Waals surface area contributed by atoms with Crippen molar-refractivity contribution in [2.45, 2.75) is 103 Å². The van der Waals surface area contributed by atoms with E-state index in [2.05, 4.69) is 99.9 Å². The Kier molecular flexibility index (Phi) is 23.7. The normalized spacial score (nSPS) is 19.1. The quantitative estimate of drug-likeness (QED) is 0.0281. The van der Waals surface area contributed by atoms with Gasteiger partial charge >= 0.3 is 13.4 Å². The molecule has 0 saturated carbocycles. The molecule has 14 nitrogen and oxygen atoms in total. The lowest BCUT2D eigenvalue weighted by Crippen LogP contribution is -2.33. The number of carbonyl (C=O) groups excluding carboxylic acids is 1. The average Bonchev–Trinajstić information content (AvgIpc) is 3.55. The van der Waals surface area contributed by atoms with Gasteiger partial charge in [0, 0.05) is 56.1 Å². The van der Waals surface area contributed by atoms with Crippen LogP contribution in [-0.4, -0.2) is 72.8 Å². The molecule has 15 heteroatoms. The number of hydrogen-bond donors (Lipinski definition) is 2. The molecule has 2 rings (SSSR count). The number of Topliss-reactive ketones (excluding diaryl/α,β-unsaturated/α-hetero) is 1. The molecule has 2 N–H and O–H groups in total. The molecule has 298 valence electrons. The zero-order chi connectivity index (χ0) is 39.4. The summed E-state index contributed by atoms with van der Waals surface area (Å²) in [6.45, 7) is 4.98. The Morgan fingerprint density at radius 2 is 1.61 bits per heavy atom. The molecule has 2 unspecified atom stereocenters. The number of carbonyl (C=O) groups is 1. The van der Waals surface area contributed by atoms with E-state index in [1.54, 1.807) is 6.92 Å². The topological polar surface area (TPSA) is 181 Å². The molecule has 0 bridgehead atoms. The number of azide groups is 1. The Balaban J connectivity index is 1.57. The van der Waals surface area contributed by atoms with Gasteiger partial charge in [-0.25, -0.2) is 14.4 Å². The number of aryl methyl sites for hydroxylation is 1. The minimum absolute atomic E-state index is 0.157. The highest BCUT2D eigenvalue weighted by molar-refractivity contribution is 7.51. The van der Waals surface area contributed by atoms with Crippen LogP contribution in [0.1, 0.15) is 89.3 Å². The van der Waals surface area contributed by atoms with Gasteiger partial charge in [-0.15, -0.1) is 0 Å². The first kappa shape index (κ1) is 46.3. The summed E-state index contributed by atoms with van der Waals surface area (Å²) < 4.78 is 31.1.